The standard InChI is InChI=1S/C32H48O2/c1-5-9-12-25(7-3)23-33-31-21-30-19-17-28-15-11-14-27(20-28)16-18-29(31)22-32(30)34-24-26(8-4)13-10-6-2/h11,14-15,20-22,25-26H,5-10,12-13,16-19,23-24H2,1-4H3. The Morgan fingerprint density at radius 1 is 0.647 bits per heavy atom. The lowest BCUT2D eigenvalue weighted by atomic mass is 9.99. The zero-order valence-corrected chi connectivity index (χ0v) is 22.3. The molecule has 0 radical (unpaired) electrons. The third-order valence-electron chi connectivity index (χ3n) is 7.64. The van der Waals surface area contributed by atoms with Crippen molar-refractivity contribution in [2.24, 2.45) is 11.8 Å². The predicted octanol–water partition coefficient (Wildman–Crippen LogP) is 8.76. The fourth-order valence-electron chi connectivity index (χ4n) is 5.01. The number of hydrogen-bond donors (Lipinski definition) is 0. The largest absolute Gasteiger partial charge is 0.493 e. The highest BCUT2D eigenvalue weighted by molar-refractivity contribution is 5.48. The van der Waals surface area contributed by atoms with E-state index in [0.717, 1.165) is 50.4 Å². The zero-order valence-electron chi connectivity index (χ0n) is 22.3. The quantitative estimate of drug-likeness (QED) is 0.278. The monoisotopic (exact) mass is 464 g/mol. The van der Waals surface area contributed by atoms with Crippen LogP contribution in [0, 0.1) is 11.8 Å². The van der Waals surface area contributed by atoms with Gasteiger partial charge in [-0.3, -0.25) is 0 Å². The van der Waals surface area contributed by atoms with E-state index >= 15 is 0 Å². The van der Waals surface area contributed by atoms with Crippen LogP contribution in [0.25, 0.3) is 0 Å². The van der Waals surface area contributed by atoms with Gasteiger partial charge in [0, 0.05) is 0 Å². The van der Waals surface area contributed by atoms with Crippen molar-refractivity contribution in [1.29, 1.82) is 0 Å². The average molecular weight is 465 g/mol. The molecular weight excluding hydrogens is 416 g/mol. The van der Waals surface area contributed by atoms with E-state index in [0.29, 0.717) is 11.8 Å². The minimum atomic E-state index is 0.641. The SMILES string of the molecule is CCCCC(CC)COc1cc2c(OCC(CC)CCCC)cc1CCc1cccc(c1)CC2. The van der Waals surface area contributed by atoms with Gasteiger partial charge in [0.2, 0.25) is 0 Å². The third-order valence-corrected chi connectivity index (χ3v) is 7.64. The molecule has 0 aromatic heterocycles. The summed E-state index contributed by atoms with van der Waals surface area (Å²) in [5.74, 6) is 3.46. The number of rotatable bonds is 14. The van der Waals surface area contributed by atoms with Crippen LogP contribution in [0.4, 0.5) is 0 Å². The summed E-state index contributed by atoms with van der Waals surface area (Å²) in [5, 5.41) is 0. The van der Waals surface area contributed by atoms with E-state index in [1.165, 1.54) is 73.6 Å². The van der Waals surface area contributed by atoms with Crippen molar-refractivity contribution < 1.29 is 9.47 Å². The van der Waals surface area contributed by atoms with E-state index in [4.69, 9.17) is 9.47 Å². The number of ether oxygens (including phenoxy) is 2. The first-order valence-electron chi connectivity index (χ1n) is 14.2. The molecule has 2 unspecified atom stereocenters. The molecule has 0 heterocycles. The van der Waals surface area contributed by atoms with E-state index in [9.17, 15) is 0 Å². The van der Waals surface area contributed by atoms with Crippen molar-refractivity contribution in [3.05, 3.63) is 58.7 Å². The summed E-state index contributed by atoms with van der Waals surface area (Å²) in [7, 11) is 0. The molecule has 0 saturated heterocycles. The zero-order chi connectivity index (χ0) is 24.2. The lowest BCUT2D eigenvalue weighted by Crippen LogP contribution is -2.14. The average Bonchev–Trinajstić information content (AvgIpc) is 2.90. The van der Waals surface area contributed by atoms with Crippen LogP contribution in [-0.4, -0.2) is 13.2 Å². The van der Waals surface area contributed by atoms with E-state index in [1.807, 2.05) is 0 Å². The minimum Gasteiger partial charge on any atom is -0.493 e. The molecule has 0 spiro atoms. The summed E-state index contributed by atoms with van der Waals surface area (Å²) in [6, 6.07) is 13.8. The highest BCUT2D eigenvalue weighted by Crippen LogP contribution is 2.33. The van der Waals surface area contributed by atoms with Crippen molar-refractivity contribution in [1.82, 2.24) is 0 Å². The molecule has 0 saturated carbocycles. The van der Waals surface area contributed by atoms with Crippen molar-refractivity contribution in [2.45, 2.75) is 105 Å². The highest BCUT2D eigenvalue weighted by Gasteiger charge is 2.17. The van der Waals surface area contributed by atoms with Gasteiger partial charge in [0.05, 0.1) is 13.2 Å². The van der Waals surface area contributed by atoms with Crippen LogP contribution in [0.1, 0.15) is 101 Å². The number of benzene rings is 2. The van der Waals surface area contributed by atoms with Gasteiger partial charge in [-0.05, 0) is 84.7 Å². The summed E-state index contributed by atoms with van der Waals surface area (Å²) < 4.78 is 13.1. The molecule has 0 aliphatic heterocycles. The molecule has 2 aliphatic carbocycles. The molecule has 2 aromatic carbocycles. The van der Waals surface area contributed by atoms with Crippen molar-refractivity contribution in [3.8, 4) is 11.5 Å². The normalized spacial score (nSPS) is 14.9. The maximum Gasteiger partial charge on any atom is 0.123 e. The van der Waals surface area contributed by atoms with Crippen molar-refractivity contribution in [3.63, 3.8) is 0 Å². The van der Waals surface area contributed by atoms with E-state index < -0.39 is 0 Å². The first-order chi connectivity index (χ1) is 16.7. The topological polar surface area (TPSA) is 18.5 Å². The molecule has 2 nitrogen and oxygen atoms in total. The second-order valence-electron chi connectivity index (χ2n) is 10.3. The van der Waals surface area contributed by atoms with E-state index in [1.54, 1.807) is 0 Å². The number of unbranched alkanes of at least 4 members (excludes halogenated alkanes) is 2. The summed E-state index contributed by atoms with van der Waals surface area (Å²) in [6.07, 6.45) is 14.1. The van der Waals surface area contributed by atoms with Crippen molar-refractivity contribution >= 4 is 0 Å². The third kappa shape index (κ3) is 8.07. The first kappa shape index (κ1) is 26.6. The summed E-state index contributed by atoms with van der Waals surface area (Å²) in [5.41, 5.74) is 5.46. The van der Waals surface area contributed by atoms with Crippen LogP contribution in [0.15, 0.2) is 36.4 Å². The minimum absolute atomic E-state index is 0.641. The molecule has 2 aromatic rings. The van der Waals surface area contributed by atoms with Gasteiger partial charge in [-0.1, -0.05) is 90.5 Å². The number of fused-ring (bicyclic) bond motifs is 4. The second kappa shape index (κ2) is 14.4. The van der Waals surface area contributed by atoms with E-state index in [2.05, 4.69) is 64.1 Å². The van der Waals surface area contributed by atoms with Crippen LogP contribution in [0.3, 0.4) is 0 Å². The molecule has 2 heteroatoms. The van der Waals surface area contributed by atoms with Gasteiger partial charge in [-0.2, -0.15) is 0 Å². The van der Waals surface area contributed by atoms with E-state index in [-0.39, 0.29) is 0 Å². The fourth-order valence-corrected chi connectivity index (χ4v) is 5.01. The summed E-state index contributed by atoms with van der Waals surface area (Å²) in [4.78, 5) is 0. The Morgan fingerprint density at radius 3 is 1.53 bits per heavy atom. The Labute approximate surface area is 209 Å². The Hall–Kier alpha value is -1.96. The lowest BCUT2D eigenvalue weighted by Gasteiger charge is -2.22. The number of hydrogen-bond acceptors (Lipinski definition) is 2. The second-order valence-corrected chi connectivity index (χ2v) is 10.3. The molecule has 0 N–H and O–H groups in total. The van der Waals surface area contributed by atoms with Crippen LogP contribution < -0.4 is 9.47 Å². The Morgan fingerprint density at radius 2 is 1.12 bits per heavy atom. The Balaban J connectivity index is 1.83. The summed E-state index contributed by atoms with van der Waals surface area (Å²) >= 11 is 0. The molecule has 0 amide bonds. The van der Waals surface area contributed by atoms with Gasteiger partial charge in [-0.15, -0.1) is 0 Å². The Kier molecular flexibility index (Phi) is 11.3. The summed E-state index contributed by atoms with van der Waals surface area (Å²) in [6.45, 7) is 10.8. The van der Waals surface area contributed by atoms with Gasteiger partial charge in [0.1, 0.15) is 11.5 Å². The van der Waals surface area contributed by atoms with Gasteiger partial charge in [-0.25, -0.2) is 0 Å². The molecule has 4 bridgehead atoms. The van der Waals surface area contributed by atoms with Crippen LogP contribution in [0.5, 0.6) is 11.5 Å². The fraction of sp³-hybridized carbons (Fsp3) is 0.625. The van der Waals surface area contributed by atoms with Crippen LogP contribution in [0.2, 0.25) is 0 Å². The van der Waals surface area contributed by atoms with Gasteiger partial charge < -0.3 is 9.47 Å². The highest BCUT2D eigenvalue weighted by atomic mass is 16.5. The maximum absolute atomic E-state index is 6.55. The smallest absolute Gasteiger partial charge is 0.123 e. The predicted molar refractivity (Wildman–Crippen MR) is 145 cm³/mol. The molecule has 0 fully saturated rings. The van der Waals surface area contributed by atoms with Gasteiger partial charge in [0.25, 0.3) is 0 Å². The molecule has 2 aliphatic rings. The molecule has 4 rings (SSSR count). The molecule has 188 valence electrons. The lowest BCUT2D eigenvalue weighted by molar-refractivity contribution is 0.225. The number of aryl methyl sites for hydroxylation is 4. The maximum atomic E-state index is 6.55. The van der Waals surface area contributed by atoms with Gasteiger partial charge in [0.15, 0.2) is 0 Å². The Bertz CT molecular complexity index is 789. The molecular formula is C32H48O2. The molecule has 2 atom stereocenters. The van der Waals surface area contributed by atoms with Crippen LogP contribution >= 0.6 is 0 Å². The molecule has 34 heavy (non-hydrogen) atoms. The van der Waals surface area contributed by atoms with Crippen LogP contribution in [-0.2, 0) is 25.7 Å². The van der Waals surface area contributed by atoms with Gasteiger partial charge >= 0.3 is 0 Å². The van der Waals surface area contributed by atoms with Crippen molar-refractivity contribution in [2.75, 3.05) is 13.2 Å². The first-order valence-corrected chi connectivity index (χ1v) is 14.2.